The Morgan fingerprint density at radius 1 is 1.41 bits per heavy atom. The number of piperidine rings is 1. The van der Waals surface area contributed by atoms with E-state index in [4.69, 9.17) is 15.9 Å². The van der Waals surface area contributed by atoms with Gasteiger partial charge in [-0.05, 0) is 45.7 Å². The van der Waals surface area contributed by atoms with Crippen molar-refractivity contribution in [3.8, 4) is 18.1 Å². The molecule has 0 aromatic heterocycles. The molecule has 8 heteroatoms. The molecule has 1 atom stereocenters. The first-order chi connectivity index (χ1) is 13.6. The number of likely N-dealkylation sites (N-methyl/N-ethyl adjacent to an activating group) is 1. The van der Waals surface area contributed by atoms with Gasteiger partial charge in [-0.3, -0.25) is 0 Å². The van der Waals surface area contributed by atoms with Crippen LogP contribution >= 0.6 is 0 Å². The first kappa shape index (κ1) is 22.3. The third kappa shape index (κ3) is 6.56. The number of halogens is 1. The van der Waals surface area contributed by atoms with Gasteiger partial charge in [-0.2, -0.15) is 0 Å². The minimum atomic E-state index is -0.594. The summed E-state index contributed by atoms with van der Waals surface area (Å²) in [7, 11) is 1.67. The minimum absolute atomic E-state index is 0.000967. The van der Waals surface area contributed by atoms with Gasteiger partial charge < -0.3 is 24.6 Å². The third-order valence-electron chi connectivity index (χ3n) is 4.41. The van der Waals surface area contributed by atoms with Gasteiger partial charge in [0, 0.05) is 26.2 Å². The summed E-state index contributed by atoms with van der Waals surface area (Å²) in [6.45, 7) is 6.29. The lowest BCUT2D eigenvalue weighted by molar-refractivity contribution is 0.0158. The van der Waals surface area contributed by atoms with Crippen LogP contribution in [0.5, 0.6) is 5.75 Å². The molecule has 0 unspecified atom stereocenters. The molecule has 0 spiro atoms. The molecule has 1 N–H and O–H groups in total. The summed E-state index contributed by atoms with van der Waals surface area (Å²) in [6, 6.07) is 3.25. The Morgan fingerprint density at radius 2 is 2.14 bits per heavy atom. The highest BCUT2D eigenvalue weighted by Crippen LogP contribution is 2.26. The average Bonchev–Trinajstić information content (AvgIpc) is 2.65. The van der Waals surface area contributed by atoms with E-state index in [0.29, 0.717) is 13.1 Å². The van der Waals surface area contributed by atoms with Crippen LogP contribution in [0.1, 0.15) is 33.6 Å². The number of terminal acetylenes is 1. The van der Waals surface area contributed by atoms with Crippen LogP contribution in [0.3, 0.4) is 0 Å². The summed E-state index contributed by atoms with van der Waals surface area (Å²) < 4.78 is 24.4. The van der Waals surface area contributed by atoms with Gasteiger partial charge in [-0.15, -0.1) is 6.42 Å². The monoisotopic (exact) mass is 405 g/mol. The van der Waals surface area contributed by atoms with Crippen molar-refractivity contribution in [3.63, 3.8) is 0 Å². The van der Waals surface area contributed by atoms with Crippen molar-refractivity contribution in [1.82, 2.24) is 9.80 Å². The van der Waals surface area contributed by atoms with Crippen molar-refractivity contribution in [2.45, 2.75) is 45.3 Å². The van der Waals surface area contributed by atoms with Crippen LogP contribution < -0.4 is 10.1 Å². The second-order valence-corrected chi connectivity index (χ2v) is 7.90. The van der Waals surface area contributed by atoms with Crippen molar-refractivity contribution < 1.29 is 23.5 Å². The second kappa shape index (κ2) is 9.50. The second-order valence-electron chi connectivity index (χ2n) is 7.90. The minimum Gasteiger partial charge on any atom is -0.479 e. The molecule has 0 saturated carbocycles. The molecular formula is C21H28FN3O4. The Hall–Kier alpha value is -2.95. The molecule has 0 aliphatic carbocycles. The first-order valence-electron chi connectivity index (χ1n) is 9.48. The van der Waals surface area contributed by atoms with Crippen molar-refractivity contribution in [3.05, 3.63) is 24.0 Å². The molecule has 1 fully saturated rings. The average molecular weight is 405 g/mol. The fourth-order valence-corrected chi connectivity index (χ4v) is 2.98. The maximum atomic E-state index is 13.6. The Balaban J connectivity index is 2.04. The number of likely N-dealkylation sites (tertiary alicyclic amines) is 1. The number of ether oxygens (including phenoxy) is 2. The summed E-state index contributed by atoms with van der Waals surface area (Å²) >= 11 is 0. The number of carbonyl (C=O) groups excluding carboxylic acids is 2. The van der Waals surface area contributed by atoms with E-state index in [0.717, 1.165) is 12.8 Å². The van der Waals surface area contributed by atoms with Gasteiger partial charge in [0.05, 0.1) is 11.7 Å². The van der Waals surface area contributed by atoms with E-state index in [2.05, 4.69) is 11.2 Å². The fraction of sp³-hybridized carbons (Fsp3) is 0.524. The number of nitrogens with zero attached hydrogens (tertiary/aromatic N) is 2. The molecule has 1 aromatic carbocycles. The van der Waals surface area contributed by atoms with Crippen molar-refractivity contribution >= 4 is 17.8 Å². The lowest BCUT2D eigenvalue weighted by Gasteiger charge is -2.38. The predicted molar refractivity (Wildman–Crippen MR) is 108 cm³/mol. The molecule has 0 radical (unpaired) electrons. The lowest BCUT2D eigenvalue weighted by atomic mass is 10.1. The number of hydrogen-bond donors (Lipinski definition) is 1. The number of benzene rings is 1. The van der Waals surface area contributed by atoms with E-state index in [1.807, 2.05) is 0 Å². The van der Waals surface area contributed by atoms with Crippen molar-refractivity contribution in [2.24, 2.45) is 0 Å². The van der Waals surface area contributed by atoms with E-state index in [9.17, 15) is 14.0 Å². The van der Waals surface area contributed by atoms with Gasteiger partial charge >= 0.3 is 12.1 Å². The highest BCUT2D eigenvalue weighted by molar-refractivity contribution is 5.91. The maximum Gasteiger partial charge on any atom is 0.410 e. The molecule has 1 saturated heterocycles. The summed E-state index contributed by atoms with van der Waals surface area (Å²) in [5, 5.41) is 2.68. The summed E-state index contributed by atoms with van der Waals surface area (Å²) in [6.07, 6.45) is 6.25. The van der Waals surface area contributed by atoms with E-state index in [-0.39, 0.29) is 24.1 Å². The number of rotatable bonds is 4. The van der Waals surface area contributed by atoms with Crippen LogP contribution in [-0.2, 0) is 4.74 Å². The molecule has 0 bridgehead atoms. The van der Waals surface area contributed by atoms with E-state index in [1.54, 1.807) is 32.7 Å². The molecule has 1 heterocycles. The zero-order valence-electron chi connectivity index (χ0n) is 17.3. The Morgan fingerprint density at radius 3 is 2.79 bits per heavy atom. The van der Waals surface area contributed by atoms with E-state index in [1.165, 1.54) is 23.1 Å². The number of urea groups is 1. The molecule has 29 heavy (non-hydrogen) atoms. The zero-order valence-corrected chi connectivity index (χ0v) is 17.3. The van der Waals surface area contributed by atoms with Crippen LogP contribution in [0.25, 0.3) is 0 Å². The van der Waals surface area contributed by atoms with Crippen LogP contribution in [0.4, 0.5) is 19.7 Å². The van der Waals surface area contributed by atoms with Crippen molar-refractivity contribution in [1.29, 1.82) is 0 Å². The Labute approximate surface area is 171 Å². The summed E-state index contributed by atoms with van der Waals surface area (Å²) in [5.74, 6) is 2.12. The molecule has 1 aliphatic rings. The molecule has 7 nitrogen and oxygen atoms in total. The van der Waals surface area contributed by atoms with Crippen LogP contribution in [0.2, 0.25) is 0 Å². The quantitative estimate of drug-likeness (QED) is 0.776. The molecule has 158 valence electrons. The number of amides is 3. The van der Waals surface area contributed by atoms with Gasteiger partial charge in [0.1, 0.15) is 23.8 Å². The lowest BCUT2D eigenvalue weighted by Crippen LogP contribution is -2.52. The fourth-order valence-electron chi connectivity index (χ4n) is 2.98. The molecule has 2 rings (SSSR count). The maximum absolute atomic E-state index is 13.6. The van der Waals surface area contributed by atoms with E-state index >= 15 is 0 Å². The molecule has 3 amide bonds. The van der Waals surface area contributed by atoms with E-state index < -0.39 is 23.5 Å². The predicted octanol–water partition coefficient (Wildman–Crippen LogP) is 3.70. The normalized spacial score (nSPS) is 16.6. The standard InChI is InChI=1S/C21H28FN3O4/c1-6-12-28-18-10-9-15(22)13-17(18)23-19(26)25-11-7-8-16(14-25)24(5)20(27)29-21(2,3)4/h1,9-10,13,16H,7-8,11-12,14H2,2-5H3,(H,23,26)/t16-/m0/s1. The third-order valence-corrected chi connectivity index (χ3v) is 4.41. The SMILES string of the molecule is C#CCOc1ccc(F)cc1NC(=O)N1CCC[C@H](N(C)C(=O)OC(C)(C)C)C1. The zero-order chi connectivity index (χ0) is 21.6. The number of nitrogens with one attached hydrogen (secondary N) is 1. The number of hydrogen-bond acceptors (Lipinski definition) is 4. The van der Waals surface area contributed by atoms with Gasteiger partial charge in [-0.25, -0.2) is 14.0 Å². The molecular weight excluding hydrogens is 377 g/mol. The summed E-state index contributed by atoms with van der Waals surface area (Å²) in [5.41, 5.74) is -0.392. The van der Waals surface area contributed by atoms with Crippen molar-refractivity contribution in [2.75, 3.05) is 32.1 Å². The number of anilines is 1. The van der Waals surface area contributed by atoms with Gasteiger partial charge in [0.15, 0.2) is 0 Å². The van der Waals surface area contributed by atoms with Crippen LogP contribution in [0, 0.1) is 18.2 Å². The van der Waals surface area contributed by atoms with Crippen LogP contribution in [0.15, 0.2) is 18.2 Å². The molecule has 1 aromatic rings. The molecule has 1 aliphatic heterocycles. The van der Waals surface area contributed by atoms with Gasteiger partial charge in [-0.1, -0.05) is 5.92 Å². The largest absolute Gasteiger partial charge is 0.479 e. The topological polar surface area (TPSA) is 71.1 Å². The number of carbonyl (C=O) groups is 2. The Bertz CT molecular complexity index is 785. The van der Waals surface area contributed by atoms with Gasteiger partial charge in [0.2, 0.25) is 0 Å². The van der Waals surface area contributed by atoms with Crippen LogP contribution in [-0.4, -0.2) is 60.3 Å². The highest BCUT2D eigenvalue weighted by atomic mass is 19.1. The first-order valence-corrected chi connectivity index (χ1v) is 9.48. The highest BCUT2D eigenvalue weighted by Gasteiger charge is 2.31. The smallest absolute Gasteiger partial charge is 0.410 e. The Kier molecular flexibility index (Phi) is 7.32. The summed E-state index contributed by atoms with van der Waals surface area (Å²) in [4.78, 5) is 28.2. The van der Waals surface area contributed by atoms with Gasteiger partial charge in [0.25, 0.3) is 0 Å².